The van der Waals surface area contributed by atoms with Crippen LogP contribution in [0.4, 0.5) is 5.69 Å². The Bertz CT molecular complexity index is 963. The Morgan fingerprint density at radius 2 is 2.00 bits per heavy atom. The molecule has 7 nitrogen and oxygen atoms in total. The molecule has 0 N–H and O–H groups in total. The number of aromatic nitrogens is 1. The van der Waals surface area contributed by atoms with E-state index in [1.165, 1.54) is 9.87 Å². The number of aryl methyl sites for hydroxylation is 2. The molecule has 8 heteroatoms. The summed E-state index contributed by atoms with van der Waals surface area (Å²) in [7, 11) is -3.72. The molecule has 0 saturated carbocycles. The molecule has 1 amide bonds. The highest BCUT2D eigenvalue weighted by atomic mass is 32.2. The third kappa shape index (κ3) is 3.06. The average molecular weight is 389 g/mol. The van der Waals surface area contributed by atoms with Crippen LogP contribution in [0.25, 0.3) is 0 Å². The highest BCUT2D eigenvalue weighted by Gasteiger charge is 2.38. The van der Waals surface area contributed by atoms with Gasteiger partial charge < -0.3 is 9.42 Å². The van der Waals surface area contributed by atoms with E-state index in [4.69, 9.17) is 4.52 Å². The van der Waals surface area contributed by atoms with Crippen molar-refractivity contribution in [3.05, 3.63) is 41.3 Å². The van der Waals surface area contributed by atoms with Gasteiger partial charge in [-0.05, 0) is 44.7 Å². The number of carbonyl (C=O) groups is 1. The van der Waals surface area contributed by atoms with Crippen molar-refractivity contribution in [3.8, 4) is 0 Å². The highest BCUT2D eigenvalue weighted by molar-refractivity contribution is 7.89. The lowest BCUT2D eigenvalue weighted by Gasteiger charge is -2.33. The Kier molecular flexibility index (Phi) is 4.55. The Morgan fingerprint density at radius 3 is 2.74 bits per heavy atom. The lowest BCUT2D eigenvalue weighted by Crippen LogP contribution is -2.46. The maximum absolute atomic E-state index is 13.1. The third-order valence-corrected chi connectivity index (χ3v) is 7.56. The molecule has 1 aromatic carbocycles. The number of hydrogen-bond acceptors (Lipinski definition) is 5. The average Bonchev–Trinajstić information content (AvgIpc) is 3.24. The van der Waals surface area contributed by atoms with Gasteiger partial charge in [0.05, 0.1) is 5.92 Å². The number of piperidine rings is 1. The van der Waals surface area contributed by atoms with E-state index in [9.17, 15) is 13.2 Å². The Morgan fingerprint density at radius 1 is 1.22 bits per heavy atom. The van der Waals surface area contributed by atoms with Gasteiger partial charge in [-0.25, -0.2) is 8.42 Å². The van der Waals surface area contributed by atoms with Crippen LogP contribution in [0, 0.1) is 19.8 Å². The molecule has 3 heterocycles. The molecule has 2 aliphatic rings. The predicted molar refractivity (Wildman–Crippen MR) is 100.0 cm³/mol. The summed E-state index contributed by atoms with van der Waals surface area (Å²) < 4.78 is 32.6. The van der Waals surface area contributed by atoms with Crippen LogP contribution in [0.3, 0.4) is 0 Å². The number of fused-ring (bicyclic) bond motifs is 1. The summed E-state index contributed by atoms with van der Waals surface area (Å²) in [6.45, 7) is 4.49. The molecule has 27 heavy (non-hydrogen) atoms. The smallest absolute Gasteiger partial charge is 0.248 e. The molecule has 1 atom stereocenters. The summed E-state index contributed by atoms with van der Waals surface area (Å²) in [6.07, 6.45) is 2.20. The maximum atomic E-state index is 13.1. The van der Waals surface area contributed by atoms with Crippen molar-refractivity contribution in [2.75, 3.05) is 24.5 Å². The molecule has 144 valence electrons. The fourth-order valence-electron chi connectivity index (χ4n) is 4.12. The number of amides is 1. The normalized spacial score (nSPS) is 20.7. The number of nitrogens with zero attached hydrogens (tertiary/aromatic N) is 3. The minimum absolute atomic E-state index is 0.0126. The van der Waals surface area contributed by atoms with Crippen molar-refractivity contribution in [1.82, 2.24) is 9.46 Å². The zero-order chi connectivity index (χ0) is 19.2. The topological polar surface area (TPSA) is 83.7 Å². The van der Waals surface area contributed by atoms with Gasteiger partial charge in [0, 0.05) is 25.3 Å². The summed E-state index contributed by atoms with van der Waals surface area (Å²) in [6, 6.07) is 7.91. The van der Waals surface area contributed by atoms with E-state index in [0.29, 0.717) is 31.6 Å². The molecule has 0 aliphatic carbocycles. The fraction of sp³-hybridized carbons (Fsp3) is 0.474. The van der Waals surface area contributed by atoms with E-state index in [1.54, 1.807) is 13.8 Å². The molecule has 1 saturated heterocycles. The number of sulfonamides is 1. The van der Waals surface area contributed by atoms with E-state index in [1.807, 2.05) is 29.2 Å². The van der Waals surface area contributed by atoms with E-state index in [-0.39, 0.29) is 29.0 Å². The van der Waals surface area contributed by atoms with Crippen molar-refractivity contribution in [2.45, 2.75) is 38.0 Å². The van der Waals surface area contributed by atoms with E-state index < -0.39 is 10.0 Å². The summed E-state index contributed by atoms with van der Waals surface area (Å²) >= 11 is 0. The summed E-state index contributed by atoms with van der Waals surface area (Å²) in [5.41, 5.74) is 2.48. The van der Waals surface area contributed by atoms with Gasteiger partial charge >= 0.3 is 0 Å². The molecular weight excluding hydrogens is 366 g/mol. The van der Waals surface area contributed by atoms with Crippen LogP contribution in [0.5, 0.6) is 0 Å². The first kappa shape index (κ1) is 18.2. The standard InChI is InChI=1S/C19H23N3O4S/c1-13-18(14(2)26-20-13)27(24,25)21-10-5-7-16(12-21)19(23)22-11-9-15-6-3-4-8-17(15)22/h3-4,6,8,16H,5,7,9-12H2,1-2H3/t16-/m1/s1. The molecule has 0 radical (unpaired) electrons. The monoisotopic (exact) mass is 389 g/mol. The number of hydrogen-bond donors (Lipinski definition) is 0. The lowest BCUT2D eigenvalue weighted by atomic mass is 9.98. The van der Waals surface area contributed by atoms with Gasteiger partial charge in [-0.3, -0.25) is 4.79 Å². The molecule has 1 aromatic heterocycles. The number of rotatable bonds is 3. The fourth-order valence-corrected chi connectivity index (χ4v) is 5.94. The summed E-state index contributed by atoms with van der Waals surface area (Å²) in [5.74, 6) is -0.0341. The van der Waals surface area contributed by atoms with Crippen LogP contribution in [0.1, 0.15) is 29.9 Å². The van der Waals surface area contributed by atoms with Gasteiger partial charge in [-0.2, -0.15) is 4.31 Å². The van der Waals surface area contributed by atoms with Gasteiger partial charge in [0.25, 0.3) is 0 Å². The highest BCUT2D eigenvalue weighted by Crippen LogP contribution is 2.32. The van der Waals surface area contributed by atoms with Crippen molar-refractivity contribution in [1.29, 1.82) is 0 Å². The first-order valence-corrected chi connectivity index (χ1v) is 10.7. The molecule has 2 aliphatic heterocycles. The number of para-hydroxylation sites is 1. The minimum atomic E-state index is -3.72. The molecule has 2 aromatic rings. The number of carbonyl (C=O) groups excluding carboxylic acids is 1. The Balaban J connectivity index is 1.56. The van der Waals surface area contributed by atoms with Crippen molar-refractivity contribution in [2.24, 2.45) is 5.92 Å². The second-order valence-corrected chi connectivity index (χ2v) is 9.10. The predicted octanol–water partition coefficient (Wildman–Crippen LogP) is 2.28. The second kappa shape index (κ2) is 6.76. The van der Waals surface area contributed by atoms with Crippen molar-refractivity contribution < 1.29 is 17.7 Å². The SMILES string of the molecule is Cc1noc(C)c1S(=O)(=O)N1CCC[C@@H](C(=O)N2CCc3ccccc32)C1. The van der Waals surface area contributed by atoms with Crippen LogP contribution < -0.4 is 4.90 Å². The molecular formula is C19H23N3O4S. The van der Waals surface area contributed by atoms with Gasteiger partial charge in [0.15, 0.2) is 5.76 Å². The first-order valence-electron chi connectivity index (χ1n) is 9.22. The van der Waals surface area contributed by atoms with Gasteiger partial charge in [0.2, 0.25) is 15.9 Å². The quantitative estimate of drug-likeness (QED) is 0.804. The van der Waals surface area contributed by atoms with Crippen molar-refractivity contribution in [3.63, 3.8) is 0 Å². The zero-order valence-electron chi connectivity index (χ0n) is 15.5. The van der Waals surface area contributed by atoms with E-state index in [0.717, 1.165) is 12.1 Å². The molecule has 0 spiro atoms. The van der Waals surface area contributed by atoms with Crippen molar-refractivity contribution >= 4 is 21.6 Å². The molecule has 0 unspecified atom stereocenters. The third-order valence-electron chi connectivity index (χ3n) is 5.45. The summed E-state index contributed by atoms with van der Waals surface area (Å²) in [5, 5.41) is 3.76. The van der Waals surface area contributed by atoms with Crippen LogP contribution in [0.2, 0.25) is 0 Å². The maximum Gasteiger partial charge on any atom is 0.248 e. The van der Waals surface area contributed by atoms with Crippen LogP contribution in [-0.4, -0.2) is 43.4 Å². The van der Waals surface area contributed by atoms with E-state index >= 15 is 0 Å². The van der Waals surface area contributed by atoms with Crippen LogP contribution in [-0.2, 0) is 21.2 Å². The largest absolute Gasteiger partial charge is 0.360 e. The zero-order valence-corrected chi connectivity index (χ0v) is 16.3. The molecule has 4 rings (SSSR count). The van der Waals surface area contributed by atoms with Crippen LogP contribution in [0.15, 0.2) is 33.7 Å². The minimum Gasteiger partial charge on any atom is -0.360 e. The van der Waals surface area contributed by atoms with Gasteiger partial charge in [0.1, 0.15) is 10.6 Å². The van der Waals surface area contributed by atoms with E-state index in [2.05, 4.69) is 5.16 Å². The first-order chi connectivity index (χ1) is 12.9. The molecule has 1 fully saturated rings. The van der Waals surface area contributed by atoms with Gasteiger partial charge in [-0.15, -0.1) is 0 Å². The lowest BCUT2D eigenvalue weighted by molar-refractivity contribution is -0.123. The number of benzene rings is 1. The summed E-state index contributed by atoms with van der Waals surface area (Å²) in [4.78, 5) is 15.1. The van der Waals surface area contributed by atoms with Gasteiger partial charge in [-0.1, -0.05) is 23.4 Å². The van der Waals surface area contributed by atoms with Crippen LogP contribution >= 0.6 is 0 Å². The second-order valence-electron chi connectivity index (χ2n) is 7.22. The Hall–Kier alpha value is -2.19. The molecule has 0 bridgehead atoms. The number of anilines is 1. The Labute approximate surface area is 159 Å².